The second-order valence-corrected chi connectivity index (χ2v) is 5.03. The van der Waals surface area contributed by atoms with Gasteiger partial charge < -0.3 is 10.5 Å². The fraction of sp³-hybridized carbons (Fsp3) is 0.600. The molecule has 0 fully saturated rings. The first kappa shape index (κ1) is 14.0. The van der Waals surface area contributed by atoms with Crippen LogP contribution in [0.4, 0.5) is 0 Å². The largest absolute Gasteiger partial charge is 0.493 e. The minimum absolute atomic E-state index is 0.0198. The third-order valence-electron chi connectivity index (χ3n) is 2.96. The van der Waals surface area contributed by atoms with Crippen LogP contribution in [0.2, 0.25) is 0 Å². The number of hydrogen-bond donors (Lipinski definition) is 1. The van der Waals surface area contributed by atoms with Crippen LogP contribution in [-0.4, -0.2) is 6.61 Å². The van der Waals surface area contributed by atoms with Crippen LogP contribution in [0.1, 0.15) is 50.8 Å². The van der Waals surface area contributed by atoms with Crippen molar-refractivity contribution in [3.63, 3.8) is 0 Å². The van der Waals surface area contributed by atoms with Crippen molar-refractivity contribution in [2.75, 3.05) is 6.61 Å². The number of nitrogens with two attached hydrogens (primary N) is 1. The van der Waals surface area contributed by atoms with Gasteiger partial charge in [0.1, 0.15) is 5.75 Å². The molecule has 0 radical (unpaired) electrons. The van der Waals surface area contributed by atoms with E-state index in [1.54, 1.807) is 0 Å². The van der Waals surface area contributed by atoms with E-state index in [4.69, 9.17) is 10.5 Å². The highest BCUT2D eigenvalue weighted by molar-refractivity contribution is 5.38. The molecule has 0 aromatic heterocycles. The Hall–Kier alpha value is -1.02. The predicted octanol–water partition coefficient (Wildman–Crippen LogP) is 3.83. The van der Waals surface area contributed by atoms with Crippen LogP contribution in [0.15, 0.2) is 18.2 Å². The van der Waals surface area contributed by atoms with Crippen molar-refractivity contribution < 1.29 is 4.74 Å². The summed E-state index contributed by atoms with van der Waals surface area (Å²) in [5, 5.41) is 0. The van der Waals surface area contributed by atoms with Crippen LogP contribution < -0.4 is 10.5 Å². The van der Waals surface area contributed by atoms with Crippen LogP contribution in [-0.2, 0) is 0 Å². The Bertz CT molecular complexity index is 347. The molecule has 0 aliphatic heterocycles. The van der Waals surface area contributed by atoms with E-state index in [1.165, 1.54) is 18.4 Å². The van der Waals surface area contributed by atoms with Crippen molar-refractivity contribution in [2.24, 2.45) is 11.7 Å². The molecule has 2 heteroatoms. The van der Waals surface area contributed by atoms with Crippen molar-refractivity contribution in [3.8, 4) is 5.75 Å². The van der Waals surface area contributed by atoms with E-state index in [1.807, 2.05) is 13.0 Å². The molecular weight excluding hydrogens is 210 g/mol. The molecule has 2 nitrogen and oxygen atoms in total. The van der Waals surface area contributed by atoms with Crippen molar-refractivity contribution in [2.45, 2.75) is 46.6 Å². The van der Waals surface area contributed by atoms with Crippen LogP contribution in [0, 0.1) is 12.8 Å². The summed E-state index contributed by atoms with van der Waals surface area (Å²) >= 11 is 0. The quantitative estimate of drug-likeness (QED) is 0.813. The average molecular weight is 235 g/mol. The third-order valence-corrected chi connectivity index (χ3v) is 2.96. The Balaban J connectivity index is 2.70. The molecule has 0 amide bonds. The summed E-state index contributed by atoms with van der Waals surface area (Å²) in [4.78, 5) is 0. The maximum Gasteiger partial charge on any atom is 0.124 e. The fourth-order valence-electron chi connectivity index (χ4n) is 1.96. The number of aryl methyl sites for hydroxylation is 1. The summed E-state index contributed by atoms with van der Waals surface area (Å²) in [6.45, 7) is 9.28. The molecular formula is C15H25NO. The van der Waals surface area contributed by atoms with Gasteiger partial charge in [-0.2, -0.15) is 0 Å². The molecule has 0 bridgehead atoms. The Kier molecular flexibility index (Phi) is 5.49. The van der Waals surface area contributed by atoms with E-state index >= 15 is 0 Å². The molecule has 0 saturated heterocycles. The average Bonchev–Trinajstić information content (AvgIpc) is 2.27. The number of benzene rings is 1. The van der Waals surface area contributed by atoms with Gasteiger partial charge in [0, 0.05) is 11.6 Å². The van der Waals surface area contributed by atoms with Gasteiger partial charge in [-0.3, -0.25) is 0 Å². The summed E-state index contributed by atoms with van der Waals surface area (Å²) in [6, 6.07) is 6.24. The zero-order valence-corrected chi connectivity index (χ0v) is 11.5. The van der Waals surface area contributed by atoms with E-state index < -0.39 is 0 Å². The Morgan fingerprint density at radius 1 is 1.29 bits per heavy atom. The van der Waals surface area contributed by atoms with Gasteiger partial charge in [0.25, 0.3) is 0 Å². The van der Waals surface area contributed by atoms with Crippen LogP contribution in [0.5, 0.6) is 5.75 Å². The van der Waals surface area contributed by atoms with Crippen molar-refractivity contribution in [3.05, 3.63) is 29.3 Å². The molecule has 1 aromatic carbocycles. The minimum atomic E-state index is 0.0198. The molecule has 0 heterocycles. The van der Waals surface area contributed by atoms with E-state index in [0.29, 0.717) is 5.92 Å². The van der Waals surface area contributed by atoms with Crippen molar-refractivity contribution in [1.82, 2.24) is 0 Å². The SMILES string of the molecule is CCCC(C)COc1ccc(C)cc1[C@@H](C)N. The molecule has 1 aromatic rings. The second kappa shape index (κ2) is 6.65. The van der Waals surface area contributed by atoms with Crippen LogP contribution in [0.25, 0.3) is 0 Å². The summed E-state index contributed by atoms with van der Waals surface area (Å²) in [5.74, 6) is 1.54. The van der Waals surface area contributed by atoms with Gasteiger partial charge in [-0.1, -0.05) is 38.0 Å². The molecule has 2 N–H and O–H groups in total. The van der Waals surface area contributed by atoms with Gasteiger partial charge in [0.2, 0.25) is 0 Å². The summed E-state index contributed by atoms with van der Waals surface area (Å²) < 4.78 is 5.89. The first-order valence-corrected chi connectivity index (χ1v) is 6.53. The van der Waals surface area contributed by atoms with Gasteiger partial charge in [-0.05, 0) is 32.3 Å². The molecule has 2 atom stereocenters. The topological polar surface area (TPSA) is 35.2 Å². The first-order chi connectivity index (χ1) is 8.04. The van der Waals surface area contributed by atoms with E-state index in [9.17, 15) is 0 Å². The molecule has 1 rings (SSSR count). The van der Waals surface area contributed by atoms with Gasteiger partial charge in [0.05, 0.1) is 6.61 Å². The standard InChI is InChI=1S/C15H25NO/c1-5-6-12(3)10-17-15-8-7-11(2)9-14(15)13(4)16/h7-9,12-13H,5-6,10,16H2,1-4H3/t12?,13-/m1/s1. The number of rotatable bonds is 6. The Morgan fingerprint density at radius 3 is 2.59 bits per heavy atom. The molecule has 0 spiro atoms. The molecule has 0 aliphatic rings. The highest BCUT2D eigenvalue weighted by atomic mass is 16.5. The van der Waals surface area contributed by atoms with Gasteiger partial charge >= 0.3 is 0 Å². The highest BCUT2D eigenvalue weighted by Crippen LogP contribution is 2.25. The zero-order valence-electron chi connectivity index (χ0n) is 11.5. The van der Waals surface area contributed by atoms with E-state index in [0.717, 1.165) is 17.9 Å². The third kappa shape index (κ3) is 4.39. The molecule has 96 valence electrons. The van der Waals surface area contributed by atoms with Crippen LogP contribution >= 0.6 is 0 Å². The molecule has 17 heavy (non-hydrogen) atoms. The van der Waals surface area contributed by atoms with Crippen molar-refractivity contribution in [1.29, 1.82) is 0 Å². The maximum atomic E-state index is 5.97. The summed E-state index contributed by atoms with van der Waals surface area (Å²) in [5.41, 5.74) is 8.30. The lowest BCUT2D eigenvalue weighted by atomic mass is 10.0. The molecule has 1 unspecified atom stereocenters. The highest BCUT2D eigenvalue weighted by Gasteiger charge is 2.09. The zero-order chi connectivity index (χ0) is 12.8. The smallest absolute Gasteiger partial charge is 0.124 e. The Morgan fingerprint density at radius 2 is 2.00 bits per heavy atom. The summed E-state index contributed by atoms with van der Waals surface area (Å²) in [6.07, 6.45) is 2.41. The maximum absolute atomic E-state index is 5.97. The second-order valence-electron chi connectivity index (χ2n) is 5.03. The van der Waals surface area contributed by atoms with E-state index in [-0.39, 0.29) is 6.04 Å². The fourth-order valence-corrected chi connectivity index (χ4v) is 1.96. The summed E-state index contributed by atoms with van der Waals surface area (Å²) in [7, 11) is 0. The molecule has 0 saturated carbocycles. The van der Waals surface area contributed by atoms with Crippen LogP contribution in [0.3, 0.4) is 0 Å². The number of hydrogen-bond acceptors (Lipinski definition) is 2. The normalized spacial score (nSPS) is 14.4. The van der Waals surface area contributed by atoms with Gasteiger partial charge in [-0.25, -0.2) is 0 Å². The molecule has 0 aliphatic carbocycles. The lowest BCUT2D eigenvalue weighted by molar-refractivity contribution is 0.248. The van der Waals surface area contributed by atoms with E-state index in [2.05, 4.69) is 32.9 Å². The van der Waals surface area contributed by atoms with Gasteiger partial charge in [-0.15, -0.1) is 0 Å². The van der Waals surface area contributed by atoms with Gasteiger partial charge in [0.15, 0.2) is 0 Å². The Labute approximate surface area is 105 Å². The monoisotopic (exact) mass is 235 g/mol. The minimum Gasteiger partial charge on any atom is -0.493 e. The lowest BCUT2D eigenvalue weighted by Crippen LogP contribution is -2.12. The lowest BCUT2D eigenvalue weighted by Gasteiger charge is -2.17. The predicted molar refractivity (Wildman–Crippen MR) is 73.3 cm³/mol. The first-order valence-electron chi connectivity index (χ1n) is 6.53. The van der Waals surface area contributed by atoms with Crippen molar-refractivity contribution >= 4 is 0 Å². The number of ether oxygens (including phenoxy) is 1.